The summed E-state index contributed by atoms with van der Waals surface area (Å²) in [5.41, 5.74) is 1.29. The summed E-state index contributed by atoms with van der Waals surface area (Å²) in [5.74, 6) is 0.161. The summed E-state index contributed by atoms with van der Waals surface area (Å²) in [6.45, 7) is 2.98. The molecule has 1 amide bonds. The molecule has 1 N–H and O–H groups in total. The number of hydrogen-bond acceptors (Lipinski definition) is 6. The number of amides is 1. The van der Waals surface area contributed by atoms with Crippen LogP contribution >= 0.6 is 34.8 Å². The van der Waals surface area contributed by atoms with Crippen molar-refractivity contribution in [3.05, 3.63) is 77.9 Å². The lowest BCUT2D eigenvalue weighted by Gasteiger charge is -2.28. The molecule has 7 nitrogen and oxygen atoms in total. The van der Waals surface area contributed by atoms with E-state index in [0.717, 1.165) is 16.9 Å². The number of hydrogen-bond donors (Lipinski definition) is 1. The number of alkyl halides is 3. The van der Waals surface area contributed by atoms with Crippen LogP contribution in [0.25, 0.3) is 0 Å². The highest BCUT2D eigenvalue weighted by Gasteiger charge is 2.31. The highest BCUT2D eigenvalue weighted by Crippen LogP contribution is 2.30. The van der Waals surface area contributed by atoms with Gasteiger partial charge in [0.05, 0.1) is 33.5 Å². The van der Waals surface area contributed by atoms with Crippen LogP contribution in [0.1, 0.15) is 24.5 Å². The highest BCUT2D eigenvalue weighted by molar-refractivity contribution is 6.76. The number of methoxy groups -OCH3 is 1. The molecule has 2 atom stereocenters. The lowest BCUT2D eigenvalue weighted by Crippen LogP contribution is -2.32. The van der Waals surface area contributed by atoms with Gasteiger partial charge < -0.3 is 23.8 Å². The summed E-state index contributed by atoms with van der Waals surface area (Å²) in [7, 11) is 5.02. The van der Waals surface area contributed by atoms with E-state index in [1.54, 1.807) is 27.3 Å². The Bertz CT molecular complexity index is 1040. The molecule has 0 bridgehead atoms. The number of benzene rings is 2. The standard InChI is InChI=1S/C28H35Cl3N2O5/c1-27(16-25(34)33(2)3,20-37-18-21-8-6-5-7-9-21)15-14-24(38-26(32)28(29,30)31)19-36-17-22-10-12-23(35-4)13-11-22/h5-15,24,32H,16-20H2,1-4H3/b15-14+,32-26?/t24-,27-/m1/s1. The molecule has 10 heteroatoms. The van der Waals surface area contributed by atoms with Crippen molar-refractivity contribution in [2.45, 2.75) is 36.5 Å². The molecule has 0 saturated carbocycles. The molecule has 0 heterocycles. The van der Waals surface area contributed by atoms with E-state index < -0.39 is 21.2 Å². The van der Waals surface area contributed by atoms with Crippen molar-refractivity contribution < 1.29 is 23.7 Å². The highest BCUT2D eigenvalue weighted by atomic mass is 35.6. The van der Waals surface area contributed by atoms with Gasteiger partial charge in [-0.05, 0) is 29.3 Å². The molecule has 0 aliphatic heterocycles. The fourth-order valence-corrected chi connectivity index (χ4v) is 3.47. The van der Waals surface area contributed by atoms with Crippen molar-refractivity contribution in [3.63, 3.8) is 0 Å². The van der Waals surface area contributed by atoms with Crippen LogP contribution in [0.15, 0.2) is 66.7 Å². The molecule has 2 aromatic carbocycles. The smallest absolute Gasteiger partial charge is 0.265 e. The molecule has 38 heavy (non-hydrogen) atoms. The Morgan fingerprint density at radius 3 is 2.18 bits per heavy atom. The van der Waals surface area contributed by atoms with E-state index in [9.17, 15) is 4.79 Å². The molecule has 0 radical (unpaired) electrons. The predicted molar refractivity (Wildman–Crippen MR) is 152 cm³/mol. The van der Waals surface area contributed by atoms with E-state index in [-0.39, 0.29) is 25.5 Å². The lowest BCUT2D eigenvalue weighted by atomic mass is 9.86. The molecule has 2 rings (SSSR count). The van der Waals surface area contributed by atoms with Crippen LogP contribution in [-0.4, -0.2) is 61.0 Å². The van der Waals surface area contributed by atoms with Crippen molar-refractivity contribution in [1.29, 1.82) is 5.41 Å². The summed E-state index contributed by atoms with van der Waals surface area (Å²) in [4.78, 5) is 14.1. The second-order valence-corrected chi connectivity index (χ2v) is 11.6. The maximum Gasteiger partial charge on any atom is 0.265 e. The molecular weight excluding hydrogens is 551 g/mol. The molecular formula is C28H35Cl3N2O5. The van der Waals surface area contributed by atoms with Gasteiger partial charge in [0, 0.05) is 25.9 Å². The van der Waals surface area contributed by atoms with E-state index in [2.05, 4.69) is 0 Å². The first-order valence-electron chi connectivity index (χ1n) is 12.0. The van der Waals surface area contributed by atoms with Crippen molar-refractivity contribution in [2.75, 3.05) is 34.4 Å². The van der Waals surface area contributed by atoms with Gasteiger partial charge in [0.2, 0.25) is 11.8 Å². The minimum absolute atomic E-state index is 0.0530. The first-order valence-corrected chi connectivity index (χ1v) is 13.1. The van der Waals surface area contributed by atoms with Gasteiger partial charge in [0.1, 0.15) is 11.9 Å². The molecule has 0 aliphatic carbocycles. The van der Waals surface area contributed by atoms with E-state index in [1.807, 2.05) is 67.6 Å². The third-order valence-corrected chi connectivity index (χ3v) is 6.06. The van der Waals surface area contributed by atoms with Gasteiger partial charge in [-0.2, -0.15) is 0 Å². The number of nitrogens with one attached hydrogen (secondary N) is 1. The molecule has 0 fully saturated rings. The van der Waals surface area contributed by atoms with E-state index >= 15 is 0 Å². The average molecular weight is 586 g/mol. The summed E-state index contributed by atoms with van der Waals surface area (Å²) < 4.78 is 20.6. The molecule has 0 aromatic heterocycles. The van der Waals surface area contributed by atoms with E-state index in [4.69, 9.17) is 59.2 Å². The predicted octanol–water partition coefficient (Wildman–Crippen LogP) is 6.20. The fourth-order valence-electron chi connectivity index (χ4n) is 3.34. The Kier molecular flexibility index (Phi) is 12.9. The summed E-state index contributed by atoms with van der Waals surface area (Å²) in [5, 5.41) is 8.02. The number of halogens is 3. The Morgan fingerprint density at radius 1 is 1.00 bits per heavy atom. The van der Waals surface area contributed by atoms with Crippen LogP contribution in [0.5, 0.6) is 5.75 Å². The average Bonchev–Trinajstić information content (AvgIpc) is 2.87. The third kappa shape index (κ3) is 11.6. The van der Waals surface area contributed by atoms with Crippen LogP contribution in [0.3, 0.4) is 0 Å². The SMILES string of the molecule is COc1ccc(COC[C@@H](/C=C/[C@@](C)(COCc2ccccc2)CC(=O)N(C)C)OC(=N)C(Cl)(Cl)Cl)cc1. The Labute approximate surface area is 240 Å². The van der Waals surface area contributed by atoms with Gasteiger partial charge >= 0.3 is 0 Å². The molecule has 0 spiro atoms. The van der Waals surface area contributed by atoms with Gasteiger partial charge in [-0.25, -0.2) is 0 Å². The molecule has 0 unspecified atom stereocenters. The Balaban J connectivity index is 2.14. The number of ether oxygens (including phenoxy) is 4. The van der Waals surface area contributed by atoms with Crippen molar-refractivity contribution in [1.82, 2.24) is 4.90 Å². The van der Waals surface area contributed by atoms with Crippen LogP contribution < -0.4 is 4.74 Å². The van der Waals surface area contributed by atoms with Crippen LogP contribution in [0, 0.1) is 10.8 Å². The largest absolute Gasteiger partial charge is 0.497 e. The monoisotopic (exact) mass is 584 g/mol. The van der Waals surface area contributed by atoms with Crippen molar-refractivity contribution in [2.24, 2.45) is 5.41 Å². The zero-order valence-corrected chi connectivity index (χ0v) is 24.4. The van der Waals surface area contributed by atoms with E-state index in [1.165, 1.54) is 4.90 Å². The number of nitrogens with zero attached hydrogens (tertiary/aromatic N) is 1. The minimum atomic E-state index is -2.02. The zero-order valence-electron chi connectivity index (χ0n) is 22.1. The molecule has 208 valence electrons. The van der Waals surface area contributed by atoms with Gasteiger partial charge in [-0.3, -0.25) is 10.2 Å². The first kappa shape index (κ1) is 31.9. The molecule has 0 aliphatic rings. The van der Waals surface area contributed by atoms with E-state index in [0.29, 0.717) is 13.2 Å². The van der Waals surface area contributed by atoms with Gasteiger partial charge in [-0.15, -0.1) is 0 Å². The maximum absolute atomic E-state index is 12.6. The second kappa shape index (κ2) is 15.3. The van der Waals surface area contributed by atoms with Gasteiger partial charge in [0.15, 0.2) is 0 Å². The van der Waals surface area contributed by atoms with Crippen LogP contribution in [-0.2, 0) is 32.2 Å². The summed E-state index contributed by atoms with van der Waals surface area (Å²) in [6, 6.07) is 17.2. The Morgan fingerprint density at radius 2 is 1.61 bits per heavy atom. The zero-order chi connectivity index (χ0) is 28.2. The topological polar surface area (TPSA) is 81.1 Å². The minimum Gasteiger partial charge on any atom is -0.497 e. The molecule has 0 saturated heterocycles. The third-order valence-electron chi connectivity index (χ3n) is 5.55. The number of carbonyl (C=O) groups is 1. The Hall–Kier alpha value is -2.29. The maximum atomic E-state index is 12.6. The van der Waals surface area contributed by atoms with Crippen molar-refractivity contribution >= 4 is 46.6 Å². The molecule has 2 aromatic rings. The van der Waals surface area contributed by atoms with Crippen LogP contribution in [0.4, 0.5) is 0 Å². The number of rotatable bonds is 14. The van der Waals surface area contributed by atoms with Gasteiger partial charge in [0.25, 0.3) is 3.79 Å². The van der Waals surface area contributed by atoms with Crippen LogP contribution in [0.2, 0.25) is 0 Å². The number of carbonyl (C=O) groups excluding carboxylic acids is 1. The van der Waals surface area contributed by atoms with Gasteiger partial charge in [-0.1, -0.05) is 90.3 Å². The van der Waals surface area contributed by atoms with Crippen molar-refractivity contribution in [3.8, 4) is 5.75 Å². The quantitative estimate of drug-likeness (QED) is 0.124. The fraction of sp³-hybridized carbons (Fsp3) is 0.429. The first-order chi connectivity index (χ1) is 17.9. The second-order valence-electron chi connectivity index (χ2n) is 9.30. The lowest BCUT2D eigenvalue weighted by molar-refractivity contribution is -0.131. The summed E-state index contributed by atoms with van der Waals surface area (Å²) in [6.07, 6.45) is 3.01. The summed E-state index contributed by atoms with van der Waals surface area (Å²) >= 11 is 17.5. The normalized spacial score (nSPS) is 14.1.